The van der Waals surface area contributed by atoms with Gasteiger partial charge >= 0.3 is 0 Å². The minimum Gasteiger partial charge on any atom is -0.286 e. The van der Waals surface area contributed by atoms with Crippen LogP contribution in [0.5, 0.6) is 0 Å². The standard InChI is InChI=1S/C14H9BrN4S/c1-20-14-11(7-17)12(10(6-16)13(18)19-14)8-2-4-9(15)5-3-8/h2-5H,1H3,(H2,18,19)/p+1. The van der Waals surface area contributed by atoms with Crippen molar-refractivity contribution < 1.29 is 4.98 Å². The molecule has 0 saturated heterocycles. The monoisotopic (exact) mass is 345 g/mol. The highest BCUT2D eigenvalue weighted by molar-refractivity contribution is 9.10. The lowest BCUT2D eigenvalue weighted by atomic mass is 9.97. The zero-order valence-electron chi connectivity index (χ0n) is 10.6. The molecule has 0 unspecified atom stereocenters. The maximum Gasteiger partial charge on any atom is 0.289 e. The fourth-order valence-electron chi connectivity index (χ4n) is 1.90. The van der Waals surface area contributed by atoms with Gasteiger partial charge in [-0.2, -0.15) is 10.5 Å². The number of nitrogens with zero attached hydrogens (tertiary/aromatic N) is 2. The lowest BCUT2D eigenvalue weighted by Gasteiger charge is -2.09. The first-order valence-corrected chi connectivity index (χ1v) is 7.63. The van der Waals surface area contributed by atoms with Crippen LogP contribution in [0.15, 0.2) is 33.8 Å². The van der Waals surface area contributed by atoms with Gasteiger partial charge in [-0.3, -0.25) is 5.73 Å². The largest absolute Gasteiger partial charge is 0.289 e. The van der Waals surface area contributed by atoms with Gasteiger partial charge in [0, 0.05) is 10.0 Å². The number of nitriles is 2. The van der Waals surface area contributed by atoms with Gasteiger partial charge in [0.05, 0.1) is 0 Å². The average Bonchev–Trinajstić information content (AvgIpc) is 2.46. The second kappa shape index (κ2) is 5.96. The van der Waals surface area contributed by atoms with Crippen molar-refractivity contribution in [3.63, 3.8) is 0 Å². The number of rotatable bonds is 2. The molecule has 0 bridgehead atoms. The van der Waals surface area contributed by atoms with E-state index in [-0.39, 0.29) is 5.82 Å². The lowest BCUT2D eigenvalue weighted by molar-refractivity contribution is -0.410. The molecule has 0 amide bonds. The molecule has 4 nitrogen and oxygen atoms in total. The Bertz CT molecular complexity index is 742. The van der Waals surface area contributed by atoms with Crippen LogP contribution in [0.25, 0.3) is 11.1 Å². The number of nitrogens with one attached hydrogen (secondary N) is 1. The van der Waals surface area contributed by atoms with Crippen molar-refractivity contribution in [1.29, 1.82) is 10.5 Å². The quantitative estimate of drug-likeness (QED) is 0.847. The summed E-state index contributed by atoms with van der Waals surface area (Å²) in [7, 11) is 0. The Kier molecular flexibility index (Phi) is 4.29. The highest BCUT2D eigenvalue weighted by Gasteiger charge is 2.22. The van der Waals surface area contributed by atoms with Gasteiger partial charge in [-0.1, -0.05) is 39.8 Å². The summed E-state index contributed by atoms with van der Waals surface area (Å²) in [5, 5.41) is 19.4. The molecule has 0 spiro atoms. The second-order valence-corrected chi connectivity index (χ2v) is 5.66. The van der Waals surface area contributed by atoms with E-state index in [9.17, 15) is 10.5 Å². The van der Waals surface area contributed by atoms with Gasteiger partial charge in [0.15, 0.2) is 5.03 Å². The van der Waals surface area contributed by atoms with Crippen molar-refractivity contribution in [2.75, 3.05) is 12.0 Å². The number of benzene rings is 1. The Morgan fingerprint density at radius 2 is 1.75 bits per heavy atom. The Labute approximate surface area is 129 Å². The Morgan fingerprint density at radius 1 is 1.15 bits per heavy atom. The van der Waals surface area contributed by atoms with E-state index in [1.165, 1.54) is 11.8 Å². The van der Waals surface area contributed by atoms with E-state index >= 15 is 0 Å². The number of nitrogens with two attached hydrogens (primary N) is 1. The molecule has 0 aliphatic carbocycles. The molecule has 0 fully saturated rings. The van der Waals surface area contributed by atoms with Crippen LogP contribution in [-0.2, 0) is 0 Å². The zero-order valence-corrected chi connectivity index (χ0v) is 13.0. The Balaban J connectivity index is 2.85. The van der Waals surface area contributed by atoms with Crippen LogP contribution in [0.3, 0.4) is 0 Å². The summed E-state index contributed by atoms with van der Waals surface area (Å²) in [6.07, 6.45) is 1.85. The fraction of sp³-hybridized carbons (Fsp3) is 0.0714. The summed E-state index contributed by atoms with van der Waals surface area (Å²) in [5.74, 6) is 0.272. The summed E-state index contributed by atoms with van der Waals surface area (Å²) in [6.45, 7) is 0. The van der Waals surface area contributed by atoms with Gasteiger partial charge in [-0.25, -0.2) is 4.98 Å². The van der Waals surface area contributed by atoms with Crippen LogP contribution in [0.1, 0.15) is 11.1 Å². The molecule has 0 radical (unpaired) electrons. The first-order chi connectivity index (χ1) is 9.62. The molecule has 0 aliphatic rings. The van der Waals surface area contributed by atoms with Crippen molar-refractivity contribution in [3.05, 3.63) is 39.9 Å². The van der Waals surface area contributed by atoms with Gasteiger partial charge in [0.1, 0.15) is 23.3 Å². The van der Waals surface area contributed by atoms with Gasteiger partial charge in [0.25, 0.3) is 5.82 Å². The molecule has 20 heavy (non-hydrogen) atoms. The first-order valence-electron chi connectivity index (χ1n) is 5.61. The number of hydrogen-bond acceptors (Lipinski definition) is 4. The third-order valence-electron chi connectivity index (χ3n) is 2.81. The Hall–Kier alpha value is -2.02. The molecule has 2 aromatic rings. The van der Waals surface area contributed by atoms with E-state index in [0.29, 0.717) is 21.7 Å². The Morgan fingerprint density at radius 3 is 2.25 bits per heavy atom. The zero-order chi connectivity index (χ0) is 14.7. The van der Waals surface area contributed by atoms with Crippen LogP contribution in [0, 0.1) is 22.7 Å². The molecule has 1 aromatic carbocycles. The molecular formula is C14H10BrN4S+. The van der Waals surface area contributed by atoms with Crippen LogP contribution in [-0.4, -0.2) is 6.26 Å². The number of anilines is 1. The van der Waals surface area contributed by atoms with E-state index in [1.807, 2.05) is 30.5 Å². The molecule has 0 aliphatic heterocycles. The number of aromatic nitrogens is 1. The number of H-pyrrole nitrogens is 1. The van der Waals surface area contributed by atoms with Crippen LogP contribution < -0.4 is 10.7 Å². The second-order valence-electron chi connectivity index (χ2n) is 3.93. The van der Waals surface area contributed by atoms with Gasteiger partial charge < -0.3 is 0 Å². The summed E-state index contributed by atoms with van der Waals surface area (Å²) in [4.78, 5) is 2.90. The topological polar surface area (TPSA) is 87.7 Å². The normalized spacial score (nSPS) is 9.80. The summed E-state index contributed by atoms with van der Waals surface area (Å²) in [6, 6.07) is 11.7. The van der Waals surface area contributed by atoms with E-state index in [0.717, 1.165) is 10.0 Å². The first kappa shape index (κ1) is 14.4. The fourth-order valence-corrected chi connectivity index (χ4v) is 2.73. The molecule has 98 valence electrons. The summed E-state index contributed by atoms with van der Waals surface area (Å²) in [5.41, 5.74) is 7.98. The van der Waals surface area contributed by atoms with E-state index in [4.69, 9.17) is 5.73 Å². The third-order valence-corrected chi connectivity index (χ3v) is 4.05. The average molecular weight is 346 g/mol. The van der Waals surface area contributed by atoms with Crippen LogP contribution in [0.2, 0.25) is 0 Å². The van der Waals surface area contributed by atoms with Crippen molar-refractivity contribution in [2.24, 2.45) is 0 Å². The van der Waals surface area contributed by atoms with Crippen molar-refractivity contribution >= 4 is 33.5 Å². The predicted octanol–water partition coefficient (Wildman–Crippen LogP) is 2.98. The number of pyridine rings is 1. The van der Waals surface area contributed by atoms with Crippen LogP contribution in [0.4, 0.5) is 5.82 Å². The molecule has 6 heteroatoms. The van der Waals surface area contributed by atoms with E-state index in [1.54, 1.807) is 0 Å². The van der Waals surface area contributed by atoms with Crippen molar-refractivity contribution in [1.82, 2.24) is 0 Å². The van der Waals surface area contributed by atoms with Crippen molar-refractivity contribution in [2.45, 2.75) is 5.03 Å². The minimum absolute atomic E-state index is 0.272. The minimum atomic E-state index is 0.272. The molecule has 0 saturated carbocycles. The maximum atomic E-state index is 9.41. The number of aromatic amines is 1. The molecule has 3 N–H and O–H groups in total. The highest BCUT2D eigenvalue weighted by atomic mass is 79.9. The number of nitrogen functional groups attached to an aromatic ring is 1. The molecule has 1 aromatic heterocycles. The SMILES string of the molecule is CSc1[nH+]c(N)c(C#N)c(-c2ccc(Br)cc2)c1C#N. The van der Waals surface area contributed by atoms with Gasteiger partial charge in [0.2, 0.25) is 0 Å². The predicted molar refractivity (Wildman–Crippen MR) is 81.8 cm³/mol. The summed E-state index contributed by atoms with van der Waals surface area (Å²) >= 11 is 4.76. The lowest BCUT2D eigenvalue weighted by Crippen LogP contribution is -2.18. The highest BCUT2D eigenvalue weighted by Crippen LogP contribution is 2.33. The summed E-state index contributed by atoms with van der Waals surface area (Å²) < 4.78 is 0.929. The number of halogens is 1. The molecule has 2 rings (SSSR count). The smallest absolute Gasteiger partial charge is 0.286 e. The number of thioether (sulfide) groups is 1. The molecule has 1 heterocycles. The van der Waals surface area contributed by atoms with Crippen molar-refractivity contribution in [3.8, 4) is 23.3 Å². The van der Waals surface area contributed by atoms with Gasteiger partial charge in [-0.05, 0) is 24.0 Å². The third kappa shape index (κ3) is 2.49. The number of hydrogen-bond donors (Lipinski definition) is 1. The van der Waals surface area contributed by atoms with E-state index < -0.39 is 0 Å². The molecular weight excluding hydrogens is 336 g/mol. The maximum absolute atomic E-state index is 9.41. The van der Waals surface area contributed by atoms with Gasteiger partial charge in [-0.15, -0.1) is 0 Å². The van der Waals surface area contributed by atoms with E-state index in [2.05, 4.69) is 33.1 Å². The van der Waals surface area contributed by atoms with Crippen LogP contribution >= 0.6 is 27.7 Å². The molecule has 0 atom stereocenters.